The molecule has 0 unspecified atom stereocenters. The van der Waals surface area contributed by atoms with E-state index >= 15 is 0 Å². The molecule has 0 aliphatic carbocycles. The Morgan fingerprint density at radius 3 is 2.56 bits per heavy atom. The molecular weight excluding hydrogens is 234 g/mol. The van der Waals surface area contributed by atoms with Gasteiger partial charge in [-0.2, -0.15) is 0 Å². The average molecular weight is 251 g/mol. The Kier molecular flexibility index (Phi) is 4.36. The van der Waals surface area contributed by atoms with Gasteiger partial charge in [-0.3, -0.25) is 9.59 Å². The van der Waals surface area contributed by atoms with Gasteiger partial charge in [-0.1, -0.05) is 13.8 Å². The third kappa shape index (κ3) is 3.26. The van der Waals surface area contributed by atoms with Crippen LogP contribution in [-0.2, 0) is 4.79 Å². The van der Waals surface area contributed by atoms with E-state index in [4.69, 9.17) is 5.11 Å². The van der Waals surface area contributed by atoms with Crippen LogP contribution in [0.5, 0.6) is 0 Å². The van der Waals surface area contributed by atoms with Crippen LogP contribution in [0.15, 0.2) is 6.20 Å². The number of rotatable bonds is 4. The SMILES string of the molecule is Cc1ncc(C(=O)N(C)CC(=O)O)c(C(C)C)n1. The van der Waals surface area contributed by atoms with Gasteiger partial charge < -0.3 is 10.0 Å². The van der Waals surface area contributed by atoms with Gasteiger partial charge in [0, 0.05) is 13.2 Å². The summed E-state index contributed by atoms with van der Waals surface area (Å²) in [5.74, 6) is -0.758. The van der Waals surface area contributed by atoms with Crippen LogP contribution in [0.25, 0.3) is 0 Å². The summed E-state index contributed by atoms with van der Waals surface area (Å²) in [5.41, 5.74) is 1.00. The van der Waals surface area contributed by atoms with E-state index < -0.39 is 5.97 Å². The maximum Gasteiger partial charge on any atom is 0.323 e. The quantitative estimate of drug-likeness (QED) is 0.865. The molecule has 0 radical (unpaired) electrons. The number of carboxylic acids is 1. The lowest BCUT2D eigenvalue weighted by Crippen LogP contribution is -2.33. The lowest BCUT2D eigenvalue weighted by molar-refractivity contribution is -0.137. The highest BCUT2D eigenvalue weighted by Crippen LogP contribution is 2.17. The Labute approximate surface area is 106 Å². The van der Waals surface area contributed by atoms with Crippen molar-refractivity contribution in [2.45, 2.75) is 26.7 Å². The van der Waals surface area contributed by atoms with E-state index in [1.54, 1.807) is 6.92 Å². The zero-order valence-corrected chi connectivity index (χ0v) is 11.0. The fourth-order valence-electron chi connectivity index (χ4n) is 1.57. The van der Waals surface area contributed by atoms with Gasteiger partial charge >= 0.3 is 5.97 Å². The number of amides is 1. The lowest BCUT2D eigenvalue weighted by atomic mass is 10.0. The van der Waals surface area contributed by atoms with Crippen LogP contribution < -0.4 is 0 Å². The van der Waals surface area contributed by atoms with Crippen molar-refractivity contribution in [1.82, 2.24) is 14.9 Å². The second-order valence-electron chi connectivity index (χ2n) is 4.43. The topological polar surface area (TPSA) is 83.4 Å². The summed E-state index contributed by atoms with van der Waals surface area (Å²) in [5, 5.41) is 8.68. The first kappa shape index (κ1) is 14.1. The molecule has 1 heterocycles. The maximum absolute atomic E-state index is 12.1. The van der Waals surface area contributed by atoms with Crippen LogP contribution in [0, 0.1) is 6.92 Å². The summed E-state index contributed by atoms with van der Waals surface area (Å²) < 4.78 is 0. The number of aromatic nitrogens is 2. The Balaban J connectivity index is 3.08. The van der Waals surface area contributed by atoms with Crippen LogP contribution in [0.1, 0.15) is 41.6 Å². The van der Waals surface area contributed by atoms with Gasteiger partial charge in [-0.05, 0) is 12.8 Å². The Morgan fingerprint density at radius 1 is 1.44 bits per heavy atom. The summed E-state index contributed by atoms with van der Waals surface area (Å²) in [6.45, 7) is 5.26. The number of aryl methyl sites for hydroxylation is 1. The molecule has 1 amide bonds. The molecule has 0 aromatic carbocycles. The molecule has 0 bridgehead atoms. The zero-order valence-electron chi connectivity index (χ0n) is 11.0. The largest absolute Gasteiger partial charge is 0.480 e. The van der Waals surface area contributed by atoms with Crippen molar-refractivity contribution in [3.8, 4) is 0 Å². The predicted molar refractivity (Wildman–Crippen MR) is 65.5 cm³/mol. The van der Waals surface area contributed by atoms with Crippen molar-refractivity contribution >= 4 is 11.9 Å². The molecule has 1 N–H and O–H groups in total. The van der Waals surface area contributed by atoms with E-state index in [1.165, 1.54) is 13.2 Å². The van der Waals surface area contributed by atoms with E-state index in [2.05, 4.69) is 9.97 Å². The standard InChI is InChI=1S/C12H17N3O3/c1-7(2)11-9(5-13-8(3)14-11)12(18)15(4)6-10(16)17/h5,7H,6H2,1-4H3,(H,16,17). The minimum atomic E-state index is -1.05. The van der Waals surface area contributed by atoms with Gasteiger partial charge in [0.2, 0.25) is 0 Å². The fourth-order valence-corrected chi connectivity index (χ4v) is 1.57. The van der Waals surface area contributed by atoms with Gasteiger partial charge in [0.25, 0.3) is 5.91 Å². The van der Waals surface area contributed by atoms with Crippen LogP contribution in [0.3, 0.4) is 0 Å². The number of nitrogens with zero attached hydrogens (tertiary/aromatic N) is 3. The summed E-state index contributed by atoms with van der Waals surface area (Å²) in [7, 11) is 1.44. The number of aliphatic carboxylic acids is 1. The lowest BCUT2D eigenvalue weighted by Gasteiger charge is -2.17. The Bertz CT molecular complexity index is 472. The van der Waals surface area contributed by atoms with E-state index in [0.29, 0.717) is 17.1 Å². The highest BCUT2D eigenvalue weighted by Gasteiger charge is 2.20. The minimum Gasteiger partial charge on any atom is -0.480 e. The Hall–Kier alpha value is -1.98. The van der Waals surface area contributed by atoms with Crippen molar-refractivity contribution in [3.05, 3.63) is 23.3 Å². The number of likely N-dealkylation sites (N-methyl/N-ethyl adjacent to an activating group) is 1. The van der Waals surface area contributed by atoms with Crippen molar-refractivity contribution in [1.29, 1.82) is 0 Å². The van der Waals surface area contributed by atoms with Gasteiger partial charge in [0.05, 0.1) is 11.3 Å². The van der Waals surface area contributed by atoms with Crippen molar-refractivity contribution < 1.29 is 14.7 Å². The molecule has 0 saturated carbocycles. The molecule has 98 valence electrons. The number of hydrogen-bond donors (Lipinski definition) is 1. The smallest absolute Gasteiger partial charge is 0.323 e. The molecule has 1 rings (SSSR count). The molecule has 0 aliphatic heterocycles. The average Bonchev–Trinajstić information content (AvgIpc) is 2.26. The second-order valence-corrected chi connectivity index (χ2v) is 4.43. The minimum absolute atomic E-state index is 0.0730. The zero-order chi connectivity index (χ0) is 13.9. The van der Waals surface area contributed by atoms with Gasteiger partial charge in [-0.25, -0.2) is 9.97 Å². The monoisotopic (exact) mass is 251 g/mol. The molecule has 0 fully saturated rings. The first-order valence-corrected chi connectivity index (χ1v) is 5.63. The molecule has 0 saturated heterocycles. The number of carbonyl (C=O) groups is 2. The van der Waals surface area contributed by atoms with Crippen LogP contribution in [0.4, 0.5) is 0 Å². The predicted octanol–water partition coefficient (Wildman–Crippen LogP) is 1.07. The first-order chi connectivity index (χ1) is 8.32. The van der Waals surface area contributed by atoms with E-state index in [0.717, 1.165) is 4.90 Å². The first-order valence-electron chi connectivity index (χ1n) is 5.63. The molecule has 18 heavy (non-hydrogen) atoms. The number of carbonyl (C=O) groups excluding carboxylic acids is 1. The van der Waals surface area contributed by atoms with Gasteiger partial charge in [-0.15, -0.1) is 0 Å². The van der Waals surface area contributed by atoms with Crippen LogP contribution in [0.2, 0.25) is 0 Å². The molecule has 6 heteroatoms. The van der Waals surface area contributed by atoms with Crippen LogP contribution >= 0.6 is 0 Å². The molecule has 0 spiro atoms. The van der Waals surface area contributed by atoms with Crippen molar-refractivity contribution in [2.24, 2.45) is 0 Å². The second kappa shape index (κ2) is 5.57. The molecule has 1 aromatic rings. The van der Waals surface area contributed by atoms with E-state index in [9.17, 15) is 9.59 Å². The van der Waals surface area contributed by atoms with E-state index in [1.807, 2.05) is 13.8 Å². The maximum atomic E-state index is 12.1. The number of carboxylic acid groups (broad SMARTS) is 1. The molecule has 0 atom stereocenters. The van der Waals surface area contributed by atoms with Gasteiger partial charge in [0.1, 0.15) is 12.4 Å². The molecule has 6 nitrogen and oxygen atoms in total. The van der Waals surface area contributed by atoms with E-state index in [-0.39, 0.29) is 18.4 Å². The van der Waals surface area contributed by atoms with Crippen molar-refractivity contribution in [3.63, 3.8) is 0 Å². The van der Waals surface area contributed by atoms with Crippen molar-refractivity contribution in [2.75, 3.05) is 13.6 Å². The molecule has 1 aromatic heterocycles. The normalized spacial score (nSPS) is 10.5. The van der Waals surface area contributed by atoms with Gasteiger partial charge in [0.15, 0.2) is 0 Å². The summed E-state index contributed by atoms with van der Waals surface area (Å²) in [6.07, 6.45) is 1.46. The molecule has 0 aliphatic rings. The summed E-state index contributed by atoms with van der Waals surface area (Å²) >= 11 is 0. The van der Waals surface area contributed by atoms with Crippen LogP contribution in [-0.4, -0.2) is 45.4 Å². The number of hydrogen-bond acceptors (Lipinski definition) is 4. The summed E-state index contributed by atoms with van der Waals surface area (Å²) in [6, 6.07) is 0. The molecular formula is C12H17N3O3. The fraction of sp³-hybridized carbons (Fsp3) is 0.500. The highest BCUT2D eigenvalue weighted by molar-refractivity contribution is 5.96. The highest BCUT2D eigenvalue weighted by atomic mass is 16.4. The third-order valence-electron chi connectivity index (χ3n) is 2.44. The third-order valence-corrected chi connectivity index (χ3v) is 2.44. The summed E-state index contributed by atoms with van der Waals surface area (Å²) in [4.78, 5) is 32.1. The Morgan fingerprint density at radius 2 is 2.06 bits per heavy atom.